The summed E-state index contributed by atoms with van der Waals surface area (Å²) in [5.41, 5.74) is 18.4. The third-order valence-electron chi connectivity index (χ3n) is 12.5. The Kier molecular flexibility index (Phi) is 10.4. The molecule has 0 saturated heterocycles. The molecule has 0 saturated carbocycles. The zero-order chi connectivity index (χ0) is 44.5. The molecule has 3 aromatic heterocycles. The lowest BCUT2D eigenvalue weighted by molar-refractivity contribution is 1.18. The fraction of sp³-hybridized carbons (Fsp3) is 0. The van der Waals surface area contributed by atoms with Crippen LogP contribution in [0, 0.1) is 0 Å². The summed E-state index contributed by atoms with van der Waals surface area (Å²) in [6.45, 7) is 0. The van der Waals surface area contributed by atoms with E-state index in [9.17, 15) is 0 Å². The van der Waals surface area contributed by atoms with E-state index < -0.39 is 0 Å². The molecule has 314 valence electrons. The minimum absolute atomic E-state index is 0.708. The molecule has 0 unspecified atom stereocenters. The van der Waals surface area contributed by atoms with E-state index in [0.717, 1.165) is 72.5 Å². The maximum Gasteiger partial charge on any atom is 0.160 e. The van der Waals surface area contributed by atoms with Gasteiger partial charge in [0.25, 0.3) is 0 Å². The fourth-order valence-electron chi connectivity index (χ4n) is 9.15. The maximum atomic E-state index is 5.45. The number of benzene rings is 9. The Labute approximate surface area is 394 Å². The number of aromatic nitrogens is 3. The number of para-hydroxylation sites is 1. The predicted molar refractivity (Wildman–Crippen MR) is 282 cm³/mol. The lowest BCUT2D eigenvalue weighted by Crippen LogP contribution is -1.95. The first-order valence-electron chi connectivity index (χ1n) is 22.6. The molecule has 0 N–H and O–H groups in total. The molecule has 0 spiro atoms. The number of pyridine rings is 1. The second-order valence-electron chi connectivity index (χ2n) is 16.7. The van der Waals surface area contributed by atoms with Crippen LogP contribution in [0.25, 0.3) is 121 Å². The summed E-state index contributed by atoms with van der Waals surface area (Å²) in [7, 11) is 0. The van der Waals surface area contributed by atoms with Crippen molar-refractivity contribution in [2.75, 3.05) is 0 Å². The van der Waals surface area contributed by atoms with Crippen LogP contribution in [0.4, 0.5) is 0 Å². The molecular formula is C63H41N3S. The van der Waals surface area contributed by atoms with Crippen LogP contribution in [0.5, 0.6) is 0 Å². The lowest BCUT2D eigenvalue weighted by Gasteiger charge is -2.14. The van der Waals surface area contributed by atoms with Gasteiger partial charge in [0, 0.05) is 48.2 Å². The van der Waals surface area contributed by atoms with Crippen LogP contribution < -0.4 is 0 Å². The molecule has 0 aliphatic rings. The van der Waals surface area contributed by atoms with Gasteiger partial charge in [0.1, 0.15) is 0 Å². The highest BCUT2D eigenvalue weighted by Crippen LogP contribution is 2.51. The molecule has 0 fully saturated rings. The number of fused-ring (bicyclic) bond motifs is 3. The fourth-order valence-corrected chi connectivity index (χ4v) is 10.5. The third kappa shape index (κ3) is 7.80. The average molecular weight is 872 g/mol. The number of thiophene rings is 1. The van der Waals surface area contributed by atoms with Crippen molar-refractivity contribution < 1.29 is 0 Å². The Morgan fingerprint density at radius 3 is 1.24 bits per heavy atom. The van der Waals surface area contributed by atoms with Crippen LogP contribution in [-0.2, 0) is 0 Å². The summed E-state index contributed by atoms with van der Waals surface area (Å²) in [6.07, 6.45) is 0. The van der Waals surface area contributed by atoms with E-state index in [1.165, 1.54) is 42.8 Å². The lowest BCUT2D eigenvalue weighted by atomic mass is 9.90. The highest BCUT2D eigenvalue weighted by atomic mass is 32.1. The monoisotopic (exact) mass is 871 g/mol. The molecule has 0 amide bonds. The van der Waals surface area contributed by atoms with E-state index in [4.69, 9.17) is 15.0 Å². The number of hydrogen-bond donors (Lipinski definition) is 0. The first-order valence-corrected chi connectivity index (χ1v) is 23.4. The van der Waals surface area contributed by atoms with Crippen molar-refractivity contribution in [3.63, 3.8) is 0 Å². The molecule has 12 aromatic rings. The van der Waals surface area contributed by atoms with Crippen LogP contribution in [0.15, 0.2) is 249 Å². The smallest absolute Gasteiger partial charge is 0.160 e. The topological polar surface area (TPSA) is 38.7 Å². The summed E-state index contributed by atoms with van der Waals surface area (Å²) in [5.74, 6) is 0.708. The van der Waals surface area contributed by atoms with Gasteiger partial charge in [-0.3, -0.25) is 0 Å². The van der Waals surface area contributed by atoms with Crippen LogP contribution in [0.3, 0.4) is 0 Å². The minimum atomic E-state index is 0.708. The van der Waals surface area contributed by atoms with E-state index in [0.29, 0.717) is 5.82 Å². The summed E-state index contributed by atoms with van der Waals surface area (Å²) >= 11 is 1.86. The molecule has 0 atom stereocenters. The number of nitrogens with zero attached hydrogens (tertiary/aromatic N) is 3. The zero-order valence-electron chi connectivity index (χ0n) is 36.4. The molecule has 12 rings (SSSR count). The second kappa shape index (κ2) is 17.4. The van der Waals surface area contributed by atoms with Gasteiger partial charge in [-0.25, -0.2) is 15.0 Å². The maximum absolute atomic E-state index is 5.45. The first-order chi connectivity index (χ1) is 33.2. The molecular weight excluding hydrogens is 831 g/mol. The number of rotatable bonds is 9. The molecule has 4 heteroatoms. The Balaban J connectivity index is 1.00. The van der Waals surface area contributed by atoms with Gasteiger partial charge in [-0.1, -0.05) is 218 Å². The van der Waals surface area contributed by atoms with E-state index in [2.05, 4.69) is 212 Å². The average Bonchev–Trinajstić information content (AvgIpc) is 3.83. The number of hydrogen-bond acceptors (Lipinski definition) is 4. The van der Waals surface area contributed by atoms with Crippen LogP contribution in [0.2, 0.25) is 0 Å². The van der Waals surface area contributed by atoms with Gasteiger partial charge in [-0.2, -0.15) is 0 Å². The zero-order valence-corrected chi connectivity index (χ0v) is 37.2. The predicted octanol–water partition coefficient (Wildman–Crippen LogP) is 17.2. The summed E-state index contributed by atoms with van der Waals surface area (Å²) in [4.78, 5) is 16.7. The first kappa shape index (κ1) is 40.0. The molecule has 0 aliphatic heterocycles. The van der Waals surface area contributed by atoms with Crippen molar-refractivity contribution in [2.24, 2.45) is 0 Å². The molecule has 0 radical (unpaired) electrons. The molecule has 0 aliphatic carbocycles. The normalized spacial score (nSPS) is 11.3. The Hall–Kier alpha value is -8.57. The molecule has 67 heavy (non-hydrogen) atoms. The summed E-state index contributed by atoms with van der Waals surface area (Å²) in [6, 6.07) is 88.2. The van der Waals surface area contributed by atoms with Gasteiger partial charge in [-0.15, -0.1) is 11.3 Å². The van der Waals surface area contributed by atoms with E-state index >= 15 is 0 Å². The van der Waals surface area contributed by atoms with Gasteiger partial charge < -0.3 is 0 Å². The van der Waals surface area contributed by atoms with E-state index in [1.54, 1.807) is 0 Å². The molecule has 0 bridgehead atoms. The van der Waals surface area contributed by atoms with Crippen molar-refractivity contribution in [2.45, 2.75) is 0 Å². The standard InChI is InChI=1S/C63H41N3S/c1-6-18-42(19-7-1)51-38-52(43-20-8-2-9-21-43)40-53(39-51)58-59-60(48-24-12-4-13-25-48)64-55-29-17-16-28-54(55)62(59)67-61(58)49-36-32-45(33-37-49)44-30-34-47(35-31-44)57-41-56(46-22-10-3-11-23-46)65-63(66-57)50-26-14-5-15-27-50/h1-41H. The molecule has 3 heterocycles. The van der Waals surface area contributed by atoms with E-state index in [1.807, 2.05) is 47.7 Å². The highest BCUT2D eigenvalue weighted by molar-refractivity contribution is 7.24. The largest absolute Gasteiger partial charge is 0.247 e. The highest BCUT2D eigenvalue weighted by Gasteiger charge is 2.24. The van der Waals surface area contributed by atoms with Gasteiger partial charge in [0.15, 0.2) is 5.82 Å². The second-order valence-corrected chi connectivity index (χ2v) is 17.8. The van der Waals surface area contributed by atoms with Crippen LogP contribution in [0.1, 0.15) is 0 Å². The van der Waals surface area contributed by atoms with Gasteiger partial charge in [0.05, 0.1) is 22.6 Å². The van der Waals surface area contributed by atoms with Gasteiger partial charge in [0.2, 0.25) is 0 Å². The van der Waals surface area contributed by atoms with E-state index in [-0.39, 0.29) is 0 Å². The minimum Gasteiger partial charge on any atom is -0.247 e. The van der Waals surface area contributed by atoms with Crippen LogP contribution in [-0.4, -0.2) is 15.0 Å². The van der Waals surface area contributed by atoms with Crippen LogP contribution >= 0.6 is 11.3 Å². The Morgan fingerprint density at radius 2 is 0.687 bits per heavy atom. The van der Waals surface area contributed by atoms with Crippen molar-refractivity contribution in [3.05, 3.63) is 249 Å². The molecule has 3 nitrogen and oxygen atoms in total. The van der Waals surface area contributed by atoms with Crippen molar-refractivity contribution >= 4 is 32.3 Å². The third-order valence-corrected chi connectivity index (χ3v) is 13.8. The molecule has 9 aromatic carbocycles. The van der Waals surface area contributed by atoms with Crippen molar-refractivity contribution in [1.29, 1.82) is 0 Å². The van der Waals surface area contributed by atoms with Crippen molar-refractivity contribution in [3.8, 4) is 100 Å². The summed E-state index contributed by atoms with van der Waals surface area (Å²) < 4.78 is 1.23. The Bertz CT molecular complexity index is 3570. The SMILES string of the molecule is c1ccc(-c2cc(-c3ccccc3)cc(-c3c(-c4ccc(-c5ccc(-c6cc(-c7ccccc7)nc(-c7ccccc7)n6)cc5)cc4)sc4c3c(-c3ccccc3)nc3ccccc34)c2)cc1. The van der Waals surface area contributed by atoms with Gasteiger partial charge in [-0.05, 0) is 74.8 Å². The quantitative estimate of drug-likeness (QED) is 0.145. The summed E-state index contributed by atoms with van der Waals surface area (Å²) in [5, 5.41) is 2.33. The van der Waals surface area contributed by atoms with Gasteiger partial charge >= 0.3 is 0 Å². The Morgan fingerprint density at radius 1 is 0.284 bits per heavy atom. The van der Waals surface area contributed by atoms with Crippen molar-refractivity contribution in [1.82, 2.24) is 15.0 Å².